The Labute approximate surface area is 244 Å². The number of nitrogens with zero attached hydrogens (tertiary/aromatic N) is 3. The van der Waals surface area contributed by atoms with Crippen LogP contribution in [0.15, 0.2) is 66.9 Å². The third-order valence-electron chi connectivity index (χ3n) is 7.70. The van der Waals surface area contributed by atoms with Crippen molar-refractivity contribution in [1.82, 2.24) is 25.9 Å². The highest BCUT2D eigenvalue weighted by molar-refractivity contribution is 6.35. The Kier molecular flexibility index (Phi) is 6.88. The Hall–Kier alpha value is -4.06. The van der Waals surface area contributed by atoms with Gasteiger partial charge in [0.05, 0.1) is 39.1 Å². The number of halogens is 2. The summed E-state index contributed by atoms with van der Waals surface area (Å²) in [5, 5.41) is 12.5. The number of alkyl halides is 1. The van der Waals surface area contributed by atoms with Crippen LogP contribution in [0.2, 0.25) is 5.02 Å². The fourth-order valence-electron chi connectivity index (χ4n) is 5.19. The summed E-state index contributed by atoms with van der Waals surface area (Å²) in [6.45, 7) is 6.79. The monoisotopic (exact) mass is 569 g/mol. The first kappa shape index (κ1) is 27.1. The molecule has 210 valence electrons. The molecule has 1 atom stereocenters. The number of hydrogen-bond acceptors (Lipinski definition) is 7. The number of rotatable bonds is 8. The Morgan fingerprint density at radius 1 is 1.20 bits per heavy atom. The van der Waals surface area contributed by atoms with Gasteiger partial charge in [-0.3, -0.25) is 15.0 Å². The minimum Gasteiger partial charge on any atom is -0.383 e. The van der Waals surface area contributed by atoms with Gasteiger partial charge in [-0.25, -0.2) is 4.39 Å². The van der Waals surface area contributed by atoms with E-state index in [9.17, 15) is 4.39 Å². The first-order valence-corrected chi connectivity index (χ1v) is 14.1. The molecule has 0 unspecified atom stereocenters. The summed E-state index contributed by atoms with van der Waals surface area (Å²) >= 11 is 6.83. The van der Waals surface area contributed by atoms with Crippen molar-refractivity contribution in [1.29, 1.82) is 0 Å². The van der Waals surface area contributed by atoms with Gasteiger partial charge in [0.25, 0.3) is 0 Å². The van der Waals surface area contributed by atoms with E-state index in [4.69, 9.17) is 18.0 Å². The summed E-state index contributed by atoms with van der Waals surface area (Å²) < 4.78 is 13.9. The lowest BCUT2D eigenvalue weighted by Gasteiger charge is -2.24. The molecule has 1 fully saturated rings. The second kappa shape index (κ2) is 10.4. The van der Waals surface area contributed by atoms with E-state index in [0.29, 0.717) is 16.1 Å². The molecule has 41 heavy (non-hydrogen) atoms. The van der Waals surface area contributed by atoms with E-state index >= 15 is 0 Å². The quantitative estimate of drug-likeness (QED) is 0.176. The molecular weight excluding hydrogens is 537 g/mol. The van der Waals surface area contributed by atoms with Crippen LogP contribution in [-0.4, -0.2) is 33.7 Å². The van der Waals surface area contributed by atoms with E-state index in [1.165, 1.54) is 0 Å². The lowest BCUT2D eigenvalue weighted by molar-refractivity contribution is 0.146. The molecule has 2 aromatic carbocycles. The van der Waals surface area contributed by atoms with Crippen LogP contribution in [0, 0.1) is 17.8 Å². The van der Waals surface area contributed by atoms with Crippen molar-refractivity contribution in [2.45, 2.75) is 45.2 Å². The van der Waals surface area contributed by atoms with Gasteiger partial charge in [0.15, 0.2) is 0 Å². The summed E-state index contributed by atoms with van der Waals surface area (Å²) in [6, 6.07) is 11.7. The highest BCUT2D eigenvalue weighted by Crippen LogP contribution is 2.43. The van der Waals surface area contributed by atoms with Crippen molar-refractivity contribution < 1.29 is 4.39 Å². The van der Waals surface area contributed by atoms with Crippen molar-refractivity contribution in [3.8, 4) is 12.3 Å². The number of fused-ring (bicyclic) bond motifs is 2. The Morgan fingerprint density at radius 3 is 2.76 bits per heavy atom. The van der Waals surface area contributed by atoms with E-state index in [1.807, 2.05) is 41.7 Å². The van der Waals surface area contributed by atoms with Gasteiger partial charge in [-0.15, -0.1) is 12.0 Å². The molecule has 4 N–H and O–H groups in total. The Morgan fingerprint density at radius 2 is 2.02 bits per heavy atom. The number of terminal acetylenes is 1. The van der Waals surface area contributed by atoms with Crippen LogP contribution >= 0.6 is 11.6 Å². The molecule has 2 aromatic heterocycles. The highest BCUT2D eigenvalue weighted by atomic mass is 35.5. The lowest BCUT2D eigenvalue weighted by Crippen LogP contribution is -2.46. The fourth-order valence-corrected chi connectivity index (χ4v) is 5.46. The van der Waals surface area contributed by atoms with E-state index in [0.717, 1.165) is 58.2 Å². The molecule has 2 aliphatic rings. The molecule has 0 bridgehead atoms. The average Bonchev–Trinajstić information content (AvgIpc) is 3.61. The van der Waals surface area contributed by atoms with Crippen molar-refractivity contribution in [2.24, 2.45) is 5.41 Å². The maximum absolute atomic E-state index is 13.9. The third kappa shape index (κ3) is 5.23. The van der Waals surface area contributed by atoms with Crippen LogP contribution in [0.25, 0.3) is 21.7 Å². The number of nitrogens with one attached hydrogen (secondary N) is 4. The molecule has 0 amide bonds. The maximum Gasteiger partial charge on any atom is 0.114 e. The van der Waals surface area contributed by atoms with Crippen LogP contribution in [-0.2, 0) is 0 Å². The van der Waals surface area contributed by atoms with Gasteiger partial charge in [0, 0.05) is 47.8 Å². The molecule has 0 radical (unpaired) electrons. The average molecular weight is 570 g/mol. The van der Waals surface area contributed by atoms with Gasteiger partial charge < -0.3 is 16.1 Å². The number of anilines is 2. The van der Waals surface area contributed by atoms with Crippen LogP contribution in [0.4, 0.5) is 15.8 Å². The van der Waals surface area contributed by atoms with Crippen molar-refractivity contribution in [2.75, 3.05) is 23.9 Å². The molecule has 6 rings (SSSR count). The number of pyridine rings is 2. The number of hydrogen-bond donors (Lipinski definition) is 4. The second-order valence-electron chi connectivity index (χ2n) is 12.0. The summed E-state index contributed by atoms with van der Waals surface area (Å²) in [6.07, 6.45) is 14.8. The van der Waals surface area contributed by atoms with Crippen molar-refractivity contribution in [3.63, 3.8) is 0 Å². The molecule has 1 aliphatic heterocycles. The highest BCUT2D eigenvalue weighted by Gasteiger charge is 2.49. The van der Waals surface area contributed by atoms with Crippen LogP contribution in [0.1, 0.15) is 50.8 Å². The van der Waals surface area contributed by atoms with E-state index < -0.39 is 12.2 Å². The molecule has 1 aliphatic carbocycles. The summed E-state index contributed by atoms with van der Waals surface area (Å²) in [5.41, 5.74) is 10.8. The molecular formula is C32H33ClFN7. The normalized spacial score (nSPS) is 16.7. The van der Waals surface area contributed by atoms with Crippen LogP contribution in [0.3, 0.4) is 0 Å². The van der Waals surface area contributed by atoms with Crippen LogP contribution in [0.5, 0.6) is 0 Å². The molecule has 0 spiro atoms. The standard InChI is InChI=1S/C32H33ClFN7/c1-5-20-15-36-29-24(28(20)37-19-31(2,3)4)13-22(14-26(29)33)38-30(23-8-6-7-21-9-12-35-16-25(21)23)27-17-41(40-39-27)32(18-34)10-11-32/h1,6-9,12-17,30,38-40H,10-11,18-19H2,2-4H3,(H,36,37)/t30-/m0/s1. The van der Waals surface area contributed by atoms with Crippen LogP contribution < -0.4 is 21.6 Å². The molecule has 3 heterocycles. The van der Waals surface area contributed by atoms with Gasteiger partial charge in [0.1, 0.15) is 6.67 Å². The number of hydrazine groups is 2. The zero-order valence-electron chi connectivity index (χ0n) is 23.4. The number of aromatic nitrogens is 2. The van der Waals surface area contributed by atoms with Gasteiger partial charge in [-0.2, -0.15) is 0 Å². The van der Waals surface area contributed by atoms with E-state index in [1.54, 1.807) is 12.4 Å². The smallest absolute Gasteiger partial charge is 0.114 e. The van der Waals surface area contributed by atoms with Crippen molar-refractivity contribution in [3.05, 3.63) is 83.0 Å². The first-order chi connectivity index (χ1) is 19.7. The minimum atomic E-state index is -0.503. The van der Waals surface area contributed by atoms with Gasteiger partial charge in [-0.05, 0) is 47.4 Å². The van der Waals surface area contributed by atoms with E-state index in [-0.39, 0.29) is 11.5 Å². The first-order valence-electron chi connectivity index (χ1n) is 13.7. The molecule has 0 saturated heterocycles. The Balaban J connectivity index is 1.46. The van der Waals surface area contributed by atoms with E-state index in [2.05, 4.69) is 70.4 Å². The fraction of sp³-hybridized carbons (Fsp3) is 0.312. The Bertz CT molecular complexity index is 1700. The predicted molar refractivity (Wildman–Crippen MR) is 165 cm³/mol. The topological polar surface area (TPSA) is 77.1 Å². The molecule has 7 nitrogen and oxygen atoms in total. The summed E-state index contributed by atoms with van der Waals surface area (Å²) in [4.78, 5) is 8.97. The summed E-state index contributed by atoms with van der Waals surface area (Å²) in [5.74, 6) is 2.77. The van der Waals surface area contributed by atoms with Crippen molar-refractivity contribution >= 4 is 44.7 Å². The second-order valence-corrected chi connectivity index (χ2v) is 12.4. The van der Waals surface area contributed by atoms with Gasteiger partial charge in [0.2, 0.25) is 0 Å². The zero-order valence-corrected chi connectivity index (χ0v) is 24.1. The third-order valence-corrected chi connectivity index (χ3v) is 7.99. The molecule has 1 saturated carbocycles. The molecule has 9 heteroatoms. The predicted octanol–water partition coefficient (Wildman–Crippen LogP) is 6.70. The largest absolute Gasteiger partial charge is 0.383 e. The van der Waals surface area contributed by atoms with Gasteiger partial charge >= 0.3 is 0 Å². The minimum absolute atomic E-state index is 0.0344. The maximum atomic E-state index is 13.9. The summed E-state index contributed by atoms with van der Waals surface area (Å²) in [7, 11) is 0. The lowest BCUT2D eigenvalue weighted by atomic mass is 9.96. The van der Waals surface area contributed by atoms with Gasteiger partial charge in [-0.1, -0.05) is 56.5 Å². The number of benzene rings is 2. The SMILES string of the molecule is C#Cc1cnc2c(Cl)cc(N[C@H](C3=CN(C4(CF)CC4)NN3)c3cccc4ccncc34)cc2c1NCC(C)(C)C. The molecule has 4 aromatic rings. The zero-order chi connectivity index (χ0) is 28.8.